The van der Waals surface area contributed by atoms with Gasteiger partial charge in [0.05, 0.1) is 11.7 Å². The van der Waals surface area contributed by atoms with Crippen LogP contribution in [-0.2, 0) is 0 Å². The van der Waals surface area contributed by atoms with E-state index in [1.165, 1.54) is 0 Å². The number of nitrogens with zero attached hydrogens (tertiary/aromatic N) is 6. The van der Waals surface area contributed by atoms with E-state index in [9.17, 15) is 4.79 Å². The third-order valence-electron chi connectivity index (χ3n) is 4.32. The molecule has 0 radical (unpaired) electrons. The quantitative estimate of drug-likeness (QED) is 0.451. The maximum Gasteiger partial charge on any atom is 0.255 e. The van der Waals surface area contributed by atoms with Crippen molar-refractivity contribution in [3.8, 4) is 5.82 Å². The van der Waals surface area contributed by atoms with Crippen molar-refractivity contribution in [1.82, 2.24) is 28.7 Å². The van der Waals surface area contributed by atoms with Crippen molar-refractivity contribution in [2.45, 2.75) is 0 Å². The number of rotatable bonds is 5. The minimum atomic E-state index is -0.203. The molecular formula is C20H14N8OS. The Bertz CT molecular complexity index is 1300. The van der Waals surface area contributed by atoms with Gasteiger partial charge in [0.15, 0.2) is 11.6 Å². The van der Waals surface area contributed by atoms with Gasteiger partial charge in [0.2, 0.25) is 0 Å². The molecule has 3 heterocycles. The molecule has 0 fully saturated rings. The van der Waals surface area contributed by atoms with Crippen molar-refractivity contribution in [1.29, 1.82) is 0 Å². The van der Waals surface area contributed by atoms with Crippen molar-refractivity contribution >= 4 is 45.9 Å². The van der Waals surface area contributed by atoms with Crippen LogP contribution in [-0.4, -0.2) is 34.6 Å². The van der Waals surface area contributed by atoms with E-state index in [4.69, 9.17) is 0 Å². The molecule has 5 rings (SSSR count). The second kappa shape index (κ2) is 7.68. The molecule has 0 aliphatic carbocycles. The summed E-state index contributed by atoms with van der Waals surface area (Å²) in [6, 6.07) is 18.1. The summed E-state index contributed by atoms with van der Waals surface area (Å²) >= 11 is 1.13. The number of nitrogens with one attached hydrogen (secondary N) is 2. The smallest absolute Gasteiger partial charge is 0.255 e. The first-order chi connectivity index (χ1) is 14.7. The van der Waals surface area contributed by atoms with Crippen LogP contribution in [0.1, 0.15) is 10.4 Å². The van der Waals surface area contributed by atoms with Crippen LogP contribution in [0.15, 0.2) is 73.1 Å². The lowest BCUT2D eigenvalue weighted by atomic mass is 10.2. The molecule has 0 saturated carbocycles. The average molecular weight is 414 g/mol. The van der Waals surface area contributed by atoms with Crippen LogP contribution in [0, 0.1) is 0 Å². The number of hydrogen-bond donors (Lipinski definition) is 2. The molecule has 146 valence electrons. The maximum absolute atomic E-state index is 12.5. The van der Waals surface area contributed by atoms with Gasteiger partial charge >= 0.3 is 0 Å². The zero-order valence-corrected chi connectivity index (χ0v) is 16.2. The summed E-state index contributed by atoms with van der Waals surface area (Å²) in [7, 11) is 0. The molecule has 0 aliphatic heterocycles. The first kappa shape index (κ1) is 17.9. The number of carbonyl (C=O) groups is 1. The van der Waals surface area contributed by atoms with Crippen LogP contribution in [0.5, 0.6) is 0 Å². The molecule has 30 heavy (non-hydrogen) atoms. The van der Waals surface area contributed by atoms with E-state index in [0.717, 1.165) is 22.9 Å². The number of anilines is 3. The lowest BCUT2D eigenvalue weighted by Crippen LogP contribution is -2.11. The molecule has 0 unspecified atom stereocenters. The Kier molecular flexibility index (Phi) is 4.58. The Morgan fingerprint density at radius 2 is 1.73 bits per heavy atom. The van der Waals surface area contributed by atoms with Gasteiger partial charge in [0, 0.05) is 29.3 Å². The van der Waals surface area contributed by atoms with Gasteiger partial charge in [-0.05, 0) is 60.7 Å². The maximum atomic E-state index is 12.5. The van der Waals surface area contributed by atoms with Crippen molar-refractivity contribution in [2.75, 3.05) is 10.6 Å². The molecule has 2 aromatic carbocycles. The third-order valence-corrected chi connectivity index (χ3v) is 4.88. The Balaban J connectivity index is 1.24. The summed E-state index contributed by atoms with van der Waals surface area (Å²) in [6.07, 6.45) is 3.48. The first-order valence-electron chi connectivity index (χ1n) is 8.99. The highest BCUT2D eigenvalue weighted by molar-refractivity contribution is 7.00. The molecule has 2 N–H and O–H groups in total. The van der Waals surface area contributed by atoms with E-state index in [1.807, 2.05) is 42.5 Å². The molecule has 0 saturated heterocycles. The van der Waals surface area contributed by atoms with Gasteiger partial charge in [0.25, 0.3) is 5.91 Å². The second-order valence-corrected chi connectivity index (χ2v) is 6.88. The van der Waals surface area contributed by atoms with Gasteiger partial charge in [0.1, 0.15) is 11.0 Å². The minimum absolute atomic E-state index is 0.203. The van der Waals surface area contributed by atoms with Crippen LogP contribution in [0.3, 0.4) is 0 Å². The van der Waals surface area contributed by atoms with Crippen LogP contribution in [0.4, 0.5) is 17.2 Å². The molecule has 0 atom stereocenters. The van der Waals surface area contributed by atoms with Crippen LogP contribution < -0.4 is 10.6 Å². The highest BCUT2D eigenvalue weighted by atomic mass is 32.1. The number of amides is 1. The topological polar surface area (TPSA) is 111 Å². The first-order valence-corrected chi connectivity index (χ1v) is 9.72. The summed E-state index contributed by atoms with van der Waals surface area (Å²) in [5, 5.41) is 18.5. The van der Waals surface area contributed by atoms with E-state index in [0.29, 0.717) is 28.4 Å². The zero-order valence-electron chi connectivity index (χ0n) is 15.4. The van der Waals surface area contributed by atoms with Crippen molar-refractivity contribution in [3.05, 3.63) is 78.6 Å². The summed E-state index contributed by atoms with van der Waals surface area (Å²) < 4.78 is 9.95. The Morgan fingerprint density at radius 1 is 0.900 bits per heavy atom. The van der Waals surface area contributed by atoms with Gasteiger partial charge in [-0.15, -0.1) is 10.2 Å². The summed E-state index contributed by atoms with van der Waals surface area (Å²) in [4.78, 5) is 12.5. The highest BCUT2D eigenvalue weighted by Gasteiger charge is 2.09. The molecule has 0 bridgehead atoms. The fraction of sp³-hybridized carbons (Fsp3) is 0. The number of hydrogen-bond acceptors (Lipinski definition) is 8. The number of carbonyl (C=O) groups excluding carboxylic acids is 1. The largest absolute Gasteiger partial charge is 0.339 e. The lowest BCUT2D eigenvalue weighted by molar-refractivity contribution is 0.102. The van der Waals surface area contributed by atoms with Gasteiger partial charge in [-0.2, -0.15) is 13.8 Å². The Labute approximate surface area is 174 Å². The fourth-order valence-electron chi connectivity index (χ4n) is 2.83. The molecule has 0 aliphatic rings. The average Bonchev–Trinajstić information content (AvgIpc) is 3.47. The Hall–Kier alpha value is -4.18. The molecule has 10 heteroatoms. The predicted octanol–water partition coefficient (Wildman–Crippen LogP) is 3.66. The zero-order chi connectivity index (χ0) is 20.3. The molecule has 5 aromatic rings. The van der Waals surface area contributed by atoms with E-state index in [-0.39, 0.29) is 5.91 Å². The second-order valence-electron chi connectivity index (χ2n) is 6.35. The van der Waals surface area contributed by atoms with Gasteiger partial charge in [-0.3, -0.25) is 4.79 Å². The molecule has 9 nitrogen and oxygen atoms in total. The highest BCUT2D eigenvalue weighted by Crippen LogP contribution is 2.19. The number of benzene rings is 2. The summed E-state index contributed by atoms with van der Waals surface area (Å²) in [5.41, 5.74) is 3.54. The van der Waals surface area contributed by atoms with E-state index in [2.05, 4.69) is 34.7 Å². The van der Waals surface area contributed by atoms with Crippen molar-refractivity contribution < 1.29 is 4.79 Å². The molecule has 0 spiro atoms. The van der Waals surface area contributed by atoms with Crippen LogP contribution >= 0.6 is 11.7 Å². The Morgan fingerprint density at radius 3 is 2.50 bits per heavy atom. The predicted molar refractivity (Wildman–Crippen MR) is 114 cm³/mol. The fourth-order valence-corrected chi connectivity index (χ4v) is 3.35. The summed E-state index contributed by atoms with van der Waals surface area (Å²) in [5.74, 6) is 1.04. The lowest BCUT2D eigenvalue weighted by Gasteiger charge is -2.08. The van der Waals surface area contributed by atoms with E-state index < -0.39 is 0 Å². The normalized spacial score (nSPS) is 10.8. The van der Waals surface area contributed by atoms with Gasteiger partial charge in [-0.1, -0.05) is 0 Å². The minimum Gasteiger partial charge on any atom is -0.339 e. The molecule has 3 aromatic heterocycles. The molecular weight excluding hydrogens is 400 g/mol. The monoisotopic (exact) mass is 414 g/mol. The third kappa shape index (κ3) is 3.71. The van der Waals surface area contributed by atoms with Crippen molar-refractivity contribution in [3.63, 3.8) is 0 Å². The van der Waals surface area contributed by atoms with Crippen LogP contribution in [0.25, 0.3) is 16.9 Å². The van der Waals surface area contributed by atoms with Gasteiger partial charge < -0.3 is 10.6 Å². The van der Waals surface area contributed by atoms with Crippen LogP contribution in [0.2, 0.25) is 0 Å². The van der Waals surface area contributed by atoms with E-state index >= 15 is 0 Å². The summed E-state index contributed by atoms with van der Waals surface area (Å²) in [6.45, 7) is 0. The SMILES string of the molecule is O=C(Nc1ccc(Nc2ccc(-n3cccn3)nn2)cc1)c1ccc2nsnc2c1. The number of aromatic nitrogens is 6. The standard InChI is InChI=1S/C20H14N8OS/c29-20(13-2-7-16-17(12-13)27-30-26-16)23-15-5-3-14(4-6-15)22-18-8-9-19(25-24-18)28-11-1-10-21-28/h1-12H,(H,22,24)(H,23,29). The van der Waals surface area contributed by atoms with Gasteiger partial charge in [-0.25, -0.2) is 4.68 Å². The molecule has 1 amide bonds. The number of fused-ring (bicyclic) bond motifs is 1. The van der Waals surface area contributed by atoms with E-state index in [1.54, 1.807) is 35.3 Å². The van der Waals surface area contributed by atoms with Crippen molar-refractivity contribution in [2.24, 2.45) is 0 Å².